The molecule has 0 unspecified atom stereocenters. The first-order valence-corrected chi connectivity index (χ1v) is 7.55. The van der Waals surface area contributed by atoms with Gasteiger partial charge in [0.15, 0.2) is 0 Å². The maximum Gasteiger partial charge on any atom is 0.0318 e. The maximum atomic E-state index is 2.16. The molecule has 3 fully saturated rings. The fourth-order valence-corrected chi connectivity index (χ4v) is 9.40. The minimum atomic E-state index is 1.05. The predicted molar refractivity (Wildman–Crippen MR) is 51.2 cm³/mol. The van der Waals surface area contributed by atoms with E-state index >= 15 is 0 Å². The largest absolute Gasteiger partial charge is 0.0776 e. The Bertz CT molecular complexity index is 143. The molecule has 0 nitrogen and oxygen atoms in total. The summed E-state index contributed by atoms with van der Waals surface area (Å²) in [6.45, 7) is 0. The van der Waals surface area contributed by atoms with Gasteiger partial charge in [-0.3, -0.25) is 0 Å². The number of fused-ring (bicyclic) bond motifs is 5. The van der Waals surface area contributed by atoms with Gasteiger partial charge in [-0.25, -0.2) is 0 Å². The molecule has 0 aromatic carbocycles. The molecule has 2 aliphatic carbocycles. The topological polar surface area (TPSA) is 0 Å². The average molecular weight is 190 g/mol. The molecule has 2 bridgehead atoms. The number of rotatable bonds is 0. The van der Waals surface area contributed by atoms with Crippen LogP contribution in [0.25, 0.3) is 0 Å². The lowest BCUT2D eigenvalue weighted by Gasteiger charge is -2.20. The Labute approximate surface area is 73.1 Å². The Balaban J connectivity index is 1.92. The monoisotopic (exact) mass is 190 g/mol. The van der Waals surface area contributed by atoms with Gasteiger partial charge in [0.1, 0.15) is 0 Å². The van der Waals surface area contributed by atoms with E-state index in [0.29, 0.717) is 0 Å². The third kappa shape index (κ3) is 0.745. The van der Waals surface area contributed by atoms with E-state index in [1.807, 2.05) is 9.83 Å². The fraction of sp³-hybridized carbons (Fsp3) is 1.00. The minimum Gasteiger partial charge on any atom is -0.0776 e. The van der Waals surface area contributed by atoms with E-state index in [-0.39, 0.29) is 0 Å². The van der Waals surface area contributed by atoms with Crippen molar-refractivity contribution in [3.8, 4) is 0 Å². The van der Waals surface area contributed by atoms with Gasteiger partial charge >= 0.3 is 0 Å². The van der Waals surface area contributed by atoms with Gasteiger partial charge in [0.25, 0.3) is 0 Å². The summed E-state index contributed by atoms with van der Waals surface area (Å²) in [5, 5.41) is 2.10. The summed E-state index contributed by atoms with van der Waals surface area (Å²) in [4.78, 5) is 0. The Hall–Kier alpha value is 1.05. The zero-order valence-corrected chi connectivity index (χ0v) is 8.10. The lowest BCUT2D eigenvalue weighted by molar-refractivity contribution is 0.508. The summed E-state index contributed by atoms with van der Waals surface area (Å²) in [5.74, 6) is 2.23. The van der Waals surface area contributed by atoms with E-state index in [9.17, 15) is 0 Å². The van der Waals surface area contributed by atoms with Gasteiger partial charge < -0.3 is 0 Å². The van der Waals surface area contributed by atoms with Crippen LogP contribution in [0.1, 0.15) is 19.3 Å². The van der Waals surface area contributed by atoms with Crippen molar-refractivity contribution < 1.29 is 0 Å². The van der Waals surface area contributed by atoms with E-state index in [1.165, 1.54) is 0 Å². The first-order valence-electron chi connectivity index (χ1n) is 3.94. The fourth-order valence-electron chi connectivity index (χ4n) is 2.57. The first-order chi connectivity index (χ1) is 4.95. The Morgan fingerprint density at radius 3 is 2.10 bits per heavy atom. The van der Waals surface area contributed by atoms with E-state index in [0.717, 1.165) is 22.3 Å². The molecule has 56 valence electrons. The van der Waals surface area contributed by atoms with Gasteiger partial charge in [-0.2, -0.15) is 0 Å². The van der Waals surface area contributed by atoms with Crippen molar-refractivity contribution >= 4 is 31.4 Å². The molecule has 10 heavy (non-hydrogen) atoms. The SMILES string of the molecule is C1C[C@H]2C[C@@H]1[C@@H]1SSS[C@@H]21. The normalized spacial score (nSPS) is 57.6. The van der Waals surface area contributed by atoms with E-state index in [4.69, 9.17) is 0 Å². The van der Waals surface area contributed by atoms with Crippen LogP contribution in [0.15, 0.2) is 0 Å². The molecule has 2 saturated carbocycles. The highest BCUT2D eigenvalue weighted by molar-refractivity contribution is 9.11. The zero-order valence-electron chi connectivity index (χ0n) is 5.66. The molecule has 0 radical (unpaired) electrons. The van der Waals surface area contributed by atoms with Crippen LogP contribution in [0.2, 0.25) is 0 Å². The van der Waals surface area contributed by atoms with Crippen LogP contribution in [-0.2, 0) is 0 Å². The lowest BCUT2D eigenvalue weighted by Crippen LogP contribution is -2.22. The molecule has 3 rings (SSSR count). The number of hydrogen-bond donors (Lipinski definition) is 0. The van der Waals surface area contributed by atoms with Gasteiger partial charge in [0.05, 0.1) is 0 Å². The van der Waals surface area contributed by atoms with Crippen LogP contribution >= 0.6 is 31.4 Å². The maximum absolute atomic E-state index is 2.16. The van der Waals surface area contributed by atoms with Gasteiger partial charge in [-0.15, -0.1) is 0 Å². The molecule has 0 aromatic rings. The van der Waals surface area contributed by atoms with E-state index in [1.54, 1.807) is 19.3 Å². The van der Waals surface area contributed by atoms with Crippen LogP contribution in [0.3, 0.4) is 0 Å². The summed E-state index contributed by atoms with van der Waals surface area (Å²) in [7, 11) is 6.36. The molecule has 1 aliphatic heterocycles. The molecule has 3 heteroatoms. The lowest BCUT2D eigenvalue weighted by atomic mass is 10.00. The molecule has 0 N–H and O–H groups in total. The van der Waals surface area contributed by atoms with E-state index in [2.05, 4.69) is 21.6 Å². The van der Waals surface area contributed by atoms with Crippen molar-refractivity contribution in [2.24, 2.45) is 11.8 Å². The van der Waals surface area contributed by atoms with Gasteiger partial charge in [0, 0.05) is 10.5 Å². The molecule has 0 amide bonds. The van der Waals surface area contributed by atoms with Gasteiger partial charge in [0.2, 0.25) is 0 Å². The highest BCUT2D eigenvalue weighted by atomic mass is 33.5. The molecule has 1 saturated heterocycles. The van der Waals surface area contributed by atoms with Crippen molar-refractivity contribution in [3.05, 3.63) is 0 Å². The Morgan fingerprint density at radius 2 is 1.50 bits per heavy atom. The second kappa shape index (κ2) is 2.27. The predicted octanol–water partition coefficient (Wildman–Crippen LogP) is 3.20. The minimum absolute atomic E-state index is 1.05. The Kier molecular flexibility index (Phi) is 1.49. The van der Waals surface area contributed by atoms with Crippen molar-refractivity contribution in [2.75, 3.05) is 0 Å². The summed E-state index contributed by atoms with van der Waals surface area (Å²) in [6.07, 6.45) is 4.65. The van der Waals surface area contributed by atoms with Crippen LogP contribution in [0.5, 0.6) is 0 Å². The zero-order chi connectivity index (χ0) is 6.55. The van der Waals surface area contributed by atoms with Crippen LogP contribution in [-0.4, -0.2) is 10.5 Å². The van der Waals surface area contributed by atoms with Gasteiger partial charge in [-0.1, -0.05) is 21.6 Å². The average Bonchev–Trinajstić information content (AvgIpc) is 2.60. The van der Waals surface area contributed by atoms with Crippen molar-refractivity contribution in [1.82, 2.24) is 0 Å². The third-order valence-corrected chi connectivity index (χ3v) is 8.42. The summed E-state index contributed by atoms with van der Waals surface area (Å²) < 4.78 is 0. The summed E-state index contributed by atoms with van der Waals surface area (Å²) in [5.41, 5.74) is 0. The summed E-state index contributed by atoms with van der Waals surface area (Å²) >= 11 is 0. The molecule has 4 atom stereocenters. The van der Waals surface area contributed by atoms with Crippen LogP contribution in [0, 0.1) is 11.8 Å². The number of hydrogen-bond acceptors (Lipinski definition) is 3. The molecule has 3 aliphatic rings. The third-order valence-electron chi connectivity index (χ3n) is 3.07. The highest BCUT2D eigenvalue weighted by Crippen LogP contribution is 2.65. The first kappa shape index (κ1) is 6.55. The molecular weight excluding hydrogens is 180 g/mol. The molecule has 0 aromatic heterocycles. The standard InChI is InChI=1S/C7H10S3/c1-2-5-3-4(1)6-7(5)9-10-8-6/h4-7H,1-3H2/t4-,5+,6-,7-/m0/s1. The van der Waals surface area contributed by atoms with Crippen molar-refractivity contribution in [3.63, 3.8) is 0 Å². The quantitative estimate of drug-likeness (QED) is 0.538. The second-order valence-electron chi connectivity index (χ2n) is 3.52. The smallest absolute Gasteiger partial charge is 0.0318 e. The van der Waals surface area contributed by atoms with Crippen molar-refractivity contribution in [1.29, 1.82) is 0 Å². The molecular formula is C7H10S3. The Morgan fingerprint density at radius 1 is 0.900 bits per heavy atom. The van der Waals surface area contributed by atoms with Crippen molar-refractivity contribution in [2.45, 2.75) is 29.8 Å². The van der Waals surface area contributed by atoms with Gasteiger partial charge in [-0.05, 0) is 40.9 Å². The van der Waals surface area contributed by atoms with Crippen LogP contribution < -0.4 is 0 Å². The van der Waals surface area contributed by atoms with E-state index < -0.39 is 0 Å². The molecule has 1 heterocycles. The summed E-state index contributed by atoms with van der Waals surface area (Å²) in [6, 6.07) is 0. The van der Waals surface area contributed by atoms with Crippen LogP contribution in [0.4, 0.5) is 0 Å². The second-order valence-corrected chi connectivity index (χ2v) is 7.92. The molecule has 0 spiro atoms. The highest BCUT2D eigenvalue weighted by Gasteiger charge is 2.51.